The largest absolute Gasteiger partial charge is 0.416 e. The first-order valence-corrected chi connectivity index (χ1v) is 17.1. The Morgan fingerprint density at radius 1 is 0.647 bits per heavy atom. The molecule has 1 saturated heterocycles. The van der Waals surface area contributed by atoms with Crippen molar-refractivity contribution in [2.75, 3.05) is 26.2 Å². The van der Waals surface area contributed by atoms with Crippen molar-refractivity contribution in [3.05, 3.63) is 173 Å². The molecule has 8 heteroatoms. The third-order valence-corrected chi connectivity index (χ3v) is 9.22. The highest BCUT2D eigenvalue weighted by Crippen LogP contribution is 2.29. The summed E-state index contributed by atoms with van der Waals surface area (Å²) < 4.78 is 39.5. The zero-order valence-corrected chi connectivity index (χ0v) is 28.3. The normalized spacial score (nSPS) is 14.4. The molecule has 5 nitrogen and oxygen atoms in total. The number of carbonyl (C=O) groups excluding carboxylic acids is 2. The van der Waals surface area contributed by atoms with E-state index in [4.69, 9.17) is 0 Å². The Morgan fingerprint density at radius 2 is 1.20 bits per heavy atom. The monoisotopic (exact) mass is 687 g/mol. The molecule has 6 rings (SSSR count). The molecular formula is C43H40F3N3O2. The molecule has 0 aliphatic carbocycles. The number of piperazine rings is 1. The third kappa shape index (κ3) is 9.61. The lowest BCUT2D eigenvalue weighted by atomic mass is 10.0. The fraction of sp³-hybridized carbons (Fsp3) is 0.209. The van der Waals surface area contributed by atoms with Crippen LogP contribution in [-0.4, -0.2) is 58.7 Å². The molecule has 1 heterocycles. The third-order valence-electron chi connectivity index (χ3n) is 9.22. The summed E-state index contributed by atoms with van der Waals surface area (Å²) in [6.07, 6.45) is -1.29. The summed E-state index contributed by atoms with van der Waals surface area (Å²) in [5.41, 5.74) is 4.78. The highest BCUT2D eigenvalue weighted by Gasteiger charge is 2.34. The van der Waals surface area contributed by atoms with Gasteiger partial charge in [-0.15, -0.1) is 0 Å². The Hall–Kier alpha value is -5.47. The van der Waals surface area contributed by atoms with Gasteiger partial charge in [-0.1, -0.05) is 127 Å². The van der Waals surface area contributed by atoms with Crippen LogP contribution in [0.25, 0.3) is 17.2 Å². The lowest BCUT2D eigenvalue weighted by Crippen LogP contribution is -2.56. The van der Waals surface area contributed by atoms with Crippen LogP contribution < -0.4 is 0 Å². The van der Waals surface area contributed by atoms with Gasteiger partial charge in [-0.25, -0.2) is 0 Å². The Morgan fingerprint density at radius 3 is 1.78 bits per heavy atom. The van der Waals surface area contributed by atoms with Gasteiger partial charge in [0.05, 0.1) is 5.56 Å². The number of halogens is 3. The molecule has 51 heavy (non-hydrogen) atoms. The topological polar surface area (TPSA) is 43.9 Å². The molecule has 0 spiro atoms. The molecule has 0 aromatic heterocycles. The predicted molar refractivity (Wildman–Crippen MR) is 195 cm³/mol. The minimum absolute atomic E-state index is 0.129. The van der Waals surface area contributed by atoms with E-state index >= 15 is 0 Å². The van der Waals surface area contributed by atoms with E-state index in [2.05, 4.69) is 17.0 Å². The van der Waals surface area contributed by atoms with Crippen molar-refractivity contribution in [3.63, 3.8) is 0 Å². The molecule has 5 aromatic carbocycles. The van der Waals surface area contributed by atoms with Gasteiger partial charge >= 0.3 is 6.18 Å². The van der Waals surface area contributed by atoms with Gasteiger partial charge in [0.1, 0.15) is 6.04 Å². The van der Waals surface area contributed by atoms with Crippen molar-refractivity contribution in [2.45, 2.75) is 31.7 Å². The van der Waals surface area contributed by atoms with E-state index in [1.54, 1.807) is 4.90 Å². The van der Waals surface area contributed by atoms with Crippen molar-refractivity contribution in [1.29, 1.82) is 0 Å². The second-order valence-corrected chi connectivity index (χ2v) is 12.8. The number of alkyl halides is 3. The smallest absolute Gasteiger partial charge is 0.338 e. The van der Waals surface area contributed by atoms with E-state index in [-0.39, 0.29) is 12.5 Å². The quantitative estimate of drug-likeness (QED) is 0.131. The minimum atomic E-state index is -4.46. The van der Waals surface area contributed by atoms with Crippen LogP contribution in [0, 0.1) is 0 Å². The standard InChI is InChI=1S/C43H40F3N3O2/c44-43(45,46)39-23-18-33(19-24-39)20-25-41(50)49(32-36-16-21-38(22-17-36)37-14-8-3-9-15-37)40(30-34-10-4-1-5-11-34)42(51)48-28-26-47(27-29-48)31-35-12-6-2-7-13-35/h1-25,40H,26-32H2/b25-20+/t40-/m0/s1. The van der Waals surface area contributed by atoms with Crippen LogP contribution in [0.15, 0.2) is 146 Å². The van der Waals surface area contributed by atoms with Crippen LogP contribution in [0.2, 0.25) is 0 Å². The first kappa shape index (κ1) is 35.4. The molecule has 0 radical (unpaired) electrons. The molecule has 0 saturated carbocycles. The van der Waals surface area contributed by atoms with Crippen LogP contribution in [0.5, 0.6) is 0 Å². The first-order valence-electron chi connectivity index (χ1n) is 17.1. The Balaban J connectivity index is 1.28. The van der Waals surface area contributed by atoms with E-state index in [0.717, 1.165) is 40.9 Å². The van der Waals surface area contributed by atoms with Crippen LogP contribution in [-0.2, 0) is 35.3 Å². The predicted octanol–water partition coefficient (Wildman–Crippen LogP) is 8.37. The van der Waals surface area contributed by atoms with Crippen LogP contribution in [0.4, 0.5) is 13.2 Å². The Labute approximate surface area is 297 Å². The summed E-state index contributed by atoms with van der Waals surface area (Å²) in [6, 6.07) is 41.7. The number of rotatable bonds is 11. The number of carbonyl (C=O) groups is 2. The van der Waals surface area contributed by atoms with Crippen molar-refractivity contribution in [3.8, 4) is 11.1 Å². The molecule has 1 atom stereocenters. The van der Waals surface area contributed by atoms with Gasteiger partial charge in [0.25, 0.3) is 0 Å². The van der Waals surface area contributed by atoms with E-state index in [1.165, 1.54) is 29.8 Å². The molecule has 0 unspecified atom stereocenters. The van der Waals surface area contributed by atoms with E-state index in [1.807, 2.05) is 108 Å². The molecule has 2 amide bonds. The molecule has 5 aromatic rings. The zero-order valence-electron chi connectivity index (χ0n) is 28.3. The summed E-state index contributed by atoms with van der Waals surface area (Å²) >= 11 is 0. The van der Waals surface area contributed by atoms with Gasteiger partial charge in [0.15, 0.2) is 0 Å². The lowest BCUT2D eigenvalue weighted by molar-refractivity contribution is -0.145. The molecule has 1 aliphatic heterocycles. The number of hydrogen-bond donors (Lipinski definition) is 0. The summed E-state index contributed by atoms with van der Waals surface area (Å²) in [4.78, 5) is 34.5. The van der Waals surface area contributed by atoms with Gasteiger partial charge in [-0.2, -0.15) is 13.2 Å². The SMILES string of the molecule is O=C([C@H](Cc1ccccc1)N(Cc1ccc(-c2ccccc2)cc1)C(=O)/C=C/c1ccc(C(F)(F)F)cc1)N1CCN(Cc2ccccc2)CC1. The number of amides is 2. The number of nitrogens with zero attached hydrogens (tertiary/aromatic N) is 3. The minimum Gasteiger partial charge on any atom is -0.338 e. The first-order chi connectivity index (χ1) is 24.7. The molecular weight excluding hydrogens is 647 g/mol. The fourth-order valence-electron chi connectivity index (χ4n) is 6.36. The summed E-state index contributed by atoms with van der Waals surface area (Å²) in [6.45, 7) is 3.46. The maximum atomic E-state index is 14.5. The van der Waals surface area contributed by atoms with Crippen LogP contribution >= 0.6 is 0 Å². The summed E-state index contributed by atoms with van der Waals surface area (Å²) in [7, 11) is 0. The van der Waals surface area contributed by atoms with Crippen molar-refractivity contribution in [1.82, 2.24) is 14.7 Å². The zero-order chi connectivity index (χ0) is 35.6. The van der Waals surface area contributed by atoms with E-state index in [9.17, 15) is 22.8 Å². The summed E-state index contributed by atoms with van der Waals surface area (Å²) in [5, 5.41) is 0. The Bertz CT molecular complexity index is 1890. The van der Waals surface area contributed by atoms with Gasteiger partial charge in [-0.3, -0.25) is 14.5 Å². The van der Waals surface area contributed by atoms with Crippen molar-refractivity contribution in [2.24, 2.45) is 0 Å². The van der Waals surface area contributed by atoms with Gasteiger partial charge in [-0.05, 0) is 51.6 Å². The van der Waals surface area contributed by atoms with Gasteiger partial charge < -0.3 is 9.80 Å². The molecule has 0 N–H and O–H groups in total. The van der Waals surface area contributed by atoms with Crippen LogP contribution in [0.1, 0.15) is 27.8 Å². The maximum absolute atomic E-state index is 14.5. The average molecular weight is 688 g/mol. The average Bonchev–Trinajstić information content (AvgIpc) is 3.16. The number of benzene rings is 5. The maximum Gasteiger partial charge on any atom is 0.416 e. The van der Waals surface area contributed by atoms with Crippen molar-refractivity contribution < 1.29 is 22.8 Å². The lowest BCUT2D eigenvalue weighted by Gasteiger charge is -2.39. The molecule has 1 aliphatic rings. The van der Waals surface area contributed by atoms with E-state index < -0.39 is 23.7 Å². The molecule has 1 fully saturated rings. The van der Waals surface area contributed by atoms with Gasteiger partial charge in [0, 0.05) is 51.8 Å². The highest BCUT2D eigenvalue weighted by atomic mass is 19.4. The van der Waals surface area contributed by atoms with Gasteiger partial charge in [0.2, 0.25) is 11.8 Å². The molecule has 0 bridgehead atoms. The highest BCUT2D eigenvalue weighted by molar-refractivity contribution is 5.95. The second kappa shape index (κ2) is 16.5. The number of hydrogen-bond acceptors (Lipinski definition) is 3. The fourth-order valence-corrected chi connectivity index (χ4v) is 6.36. The molecule has 260 valence electrons. The van der Waals surface area contributed by atoms with Crippen molar-refractivity contribution >= 4 is 17.9 Å². The van der Waals surface area contributed by atoms with E-state index in [0.29, 0.717) is 38.2 Å². The van der Waals surface area contributed by atoms with Crippen LogP contribution in [0.3, 0.4) is 0 Å². The Kier molecular flexibility index (Phi) is 11.4. The second-order valence-electron chi connectivity index (χ2n) is 12.8. The summed E-state index contributed by atoms with van der Waals surface area (Å²) in [5.74, 6) is -0.533.